The number of carbonyl (C=O) groups is 4. The number of aliphatic hydroxyl groups is 1. The van der Waals surface area contributed by atoms with E-state index in [0.717, 1.165) is 141 Å². The van der Waals surface area contributed by atoms with Gasteiger partial charge in [0.25, 0.3) is 0 Å². The zero-order chi connectivity index (χ0) is 71.8. The maximum absolute atomic E-state index is 13.1. The van der Waals surface area contributed by atoms with Crippen LogP contribution in [0.3, 0.4) is 0 Å². The second kappa shape index (κ2) is 70.9. The van der Waals surface area contributed by atoms with E-state index in [0.29, 0.717) is 25.7 Å². The summed E-state index contributed by atoms with van der Waals surface area (Å²) in [6.07, 6.45) is 76.5. The minimum Gasteiger partial charge on any atom is -0.462 e. The van der Waals surface area contributed by atoms with Crippen molar-refractivity contribution in [2.45, 2.75) is 316 Å². The van der Waals surface area contributed by atoms with Crippen molar-refractivity contribution in [3.8, 4) is 0 Å². The average Bonchev–Trinajstić information content (AvgIpc) is 0.971. The van der Waals surface area contributed by atoms with Gasteiger partial charge in [-0.25, -0.2) is 9.13 Å². The van der Waals surface area contributed by atoms with E-state index in [9.17, 15) is 43.2 Å². The van der Waals surface area contributed by atoms with Crippen LogP contribution in [0.4, 0.5) is 0 Å². The molecule has 0 fully saturated rings. The normalized spacial score (nSPS) is 14.6. The molecule has 0 aliphatic heterocycles. The van der Waals surface area contributed by atoms with Crippen molar-refractivity contribution in [2.24, 2.45) is 0 Å². The van der Waals surface area contributed by atoms with Gasteiger partial charge in [0.2, 0.25) is 0 Å². The van der Waals surface area contributed by atoms with Gasteiger partial charge in [0.05, 0.1) is 32.8 Å². The van der Waals surface area contributed by atoms with Gasteiger partial charge in [-0.3, -0.25) is 37.3 Å². The highest BCUT2D eigenvalue weighted by molar-refractivity contribution is 7.47. The van der Waals surface area contributed by atoms with Gasteiger partial charge in [-0.15, -0.1) is 0 Å². The van der Waals surface area contributed by atoms with Crippen LogP contribution in [0.1, 0.15) is 297 Å². The number of unbranched alkanes of at least 4 members (excludes halogenated alkanes) is 25. The highest BCUT2D eigenvalue weighted by Crippen LogP contribution is 2.45. The van der Waals surface area contributed by atoms with E-state index in [2.05, 4.69) is 125 Å². The topological polar surface area (TPSA) is 237 Å². The lowest BCUT2D eigenvalue weighted by Crippen LogP contribution is -2.30. The molecule has 5 atom stereocenters. The third kappa shape index (κ3) is 69.9. The molecule has 0 spiro atoms. The first-order chi connectivity index (χ1) is 47.7. The highest BCUT2D eigenvalue weighted by atomic mass is 31.2. The lowest BCUT2D eigenvalue weighted by atomic mass is 10.0. The van der Waals surface area contributed by atoms with E-state index in [4.69, 9.17) is 37.0 Å². The Bertz CT molecular complexity index is 2340. The second-order valence-electron chi connectivity index (χ2n) is 24.8. The summed E-state index contributed by atoms with van der Waals surface area (Å²) in [4.78, 5) is 72.7. The van der Waals surface area contributed by atoms with E-state index in [-0.39, 0.29) is 25.7 Å². The molecule has 0 aliphatic carbocycles. The van der Waals surface area contributed by atoms with Gasteiger partial charge < -0.3 is 33.8 Å². The summed E-state index contributed by atoms with van der Waals surface area (Å²) in [6.45, 7) is 4.48. The maximum Gasteiger partial charge on any atom is 0.472 e. The average molecular weight is 1420 g/mol. The summed E-state index contributed by atoms with van der Waals surface area (Å²) in [6, 6.07) is 0. The molecule has 0 amide bonds. The zero-order valence-electron chi connectivity index (χ0n) is 61.2. The maximum atomic E-state index is 13.1. The predicted molar refractivity (Wildman–Crippen MR) is 399 cm³/mol. The smallest absolute Gasteiger partial charge is 0.462 e. The van der Waals surface area contributed by atoms with E-state index in [1.54, 1.807) is 6.08 Å². The Kier molecular flexibility index (Phi) is 67.6. The number of hydrogen-bond acceptors (Lipinski definition) is 15. The molecule has 0 aromatic heterocycles. The van der Waals surface area contributed by atoms with Crippen LogP contribution in [0.5, 0.6) is 0 Å². The van der Waals surface area contributed by atoms with Crippen LogP contribution in [0.2, 0.25) is 0 Å². The molecule has 98 heavy (non-hydrogen) atoms. The van der Waals surface area contributed by atoms with E-state index >= 15 is 0 Å². The van der Waals surface area contributed by atoms with Crippen molar-refractivity contribution >= 4 is 39.5 Å². The van der Waals surface area contributed by atoms with Crippen LogP contribution < -0.4 is 0 Å². The summed E-state index contributed by atoms with van der Waals surface area (Å²) in [5.41, 5.74) is 0. The van der Waals surface area contributed by atoms with E-state index < -0.39 is 97.5 Å². The lowest BCUT2D eigenvalue weighted by molar-refractivity contribution is -0.161. The van der Waals surface area contributed by atoms with Crippen LogP contribution in [-0.4, -0.2) is 96.7 Å². The molecule has 17 nitrogen and oxygen atoms in total. The zero-order valence-corrected chi connectivity index (χ0v) is 63.0. The van der Waals surface area contributed by atoms with Gasteiger partial charge >= 0.3 is 39.5 Å². The molecular weight excluding hydrogens is 1280 g/mol. The quantitative estimate of drug-likeness (QED) is 0.0169. The van der Waals surface area contributed by atoms with Crippen LogP contribution in [0, 0.1) is 0 Å². The Balaban J connectivity index is 5.42. The fourth-order valence-electron chi connectivity index (χ4n) is 9.75. The Morgan fingerprint density at radius 1 is 0.306 bits per heavy atom. The number of rotatable bonds is 70. The van der Waals surface area contributed by atoms with Crippen molar-refractivity contribution in [1.29, 1.82) is 0 Å². The number of carbonyl (C=O) groups excluding carboxylic acids is 4. The Morgan fingerprint density at radius 3 is 0.929 bits per heavy atom. The first-order valence-electron chi connectivity index (χ1n) is 37.8. The van der Waals surface area contributed by atoms with E-state index in [1.165, 1.54) is 77.0 Å². The van der Waals surface area contributed by atoms with Crippen molar-refractivity contribution < 1.29 is 80.2 Å². The molecule has 3 N–H and O–H groups in total. The number of esters is 4. The molecule has 0 saturated heterocycles. The highest BCUT2D eigenvalue weighted by Gasteiger charge is 2.30. The summed E-state index contributed by atoms with van der Waals surface area (Å²) in [5.74, 6) is -2.35. The molecule has 0 rings (SSSR count). The second-order valence-corrected chi connectivity index (χ2v) is 27.8. The van der Waals surface area contributed by atoms with E-state index in [1.807, 2.05) is 18.2 Å². The summed E-state index contributed by atoms with van der Waals surface area (Å²) >= 11 is 0. The first kappa shape index (κ1) is 93.5. The van der Waals surface area contributed by atoms with Crippen LogP contribution in [0.15, 0.2) is 122 Å². The van der Waals surface area contributed by atoms with Crippen LogP contribution in [-0.2, 0) is 65.4 Å². The summed E-state index contributed by atoms with van der Waals surface area (Å²) in [7, 11) is -9.98. The molecule has 0 radical (unpaired) electrons. The van der Waals surface area contributed by atoms with Crippen molar-refractivity contribution in [1.82, 2.24) is 0 Å². The third-order valence-electron chi connectivity index (χ3n) is 15.5. The number of phosphoric ester groups is 2. The molecule has 5 unspecified atom stereocenters. The number of aliphatic hydroxyl groups excluding tert-OH is 1. The molecule has 19 heteroatoms. The van der Waals surface area contributed by atoms with Gasteiger partial charge in [0, 0.05) is 19.3 Å². The van der Waals surface area contributed by atoms with Gasteiger partial charge in [-0.1, -0.05) is 278 Å². The van der Waals surface area contributed by atoms with Crippen molar-refractivity contribution in [2.75, 3.05) is 39.6 Å². The Hall–Kier alpha value is -4.54. The lowest BCUT2D eigenvalue weighted by Gasteiger charge is -2.21. The van der Waals surface area contributed by atoms with Crippen LogP contribution in [0.25, 0.3) is 0 Å². The fraction of sp³-hybridized carbons (Fsp3) is 0.696. The van der Waals surface area contributed by atoms with Crippen molar-refractivity contribution in [3.05, 3.63) is 122 Å². The molecule has 0 saturated carbocycles. The van der Waals surface area contributed by atoms with Gasteiger partial charge in [0.15, 0.2) is 12.2 Å². The first-order valence-corrected chi connectivity index (χ1v) is 40.8. The molecule has 0 aromatic rings. The molecule has 0 aromatic carbocycles. The number of ether oxygens (including phenoxy) is 4. The molecular formula is C79H134O17P2. The SMILES string of the molecule is CC/C=C\C/C=C\C/C=C\C/C=C\C/C=C\CC(=O)OCC(COP(=O)(O)OCC(O)COP(=O)(O)OCC(COC(=O)CCCCCC/C=C\C/C=C\C/C=C\C/C=C\CC)OC(=O)CCCCCCC/C=C\CCCCCC)OC(=O)CCCCCCCCCCCCCCC. The molecule has 562 valence electrons. The standard InChI is InChI=1S/C79H134O17P2/c1-5-9-13-17-21-25-29-33-35-36-38-42-44-48-52-56-60-64-77(82)90-70-75(96-79(84)66-62-58-54-50-46-40-32-28-24-20-16-12-8-4)72-94-98(87,88)92-68-73(80)67-91-97(85,86)93-71-74(95-78(83)65-61-57-53-49-45-39-31-27-23-19-15-11-7-3)69-89-76(81)63-59-55-51-47-43-41-37-34-30-26-22-18-14-10-6-2/h9-10,13-14,21-22,25-26,28,32-35,37-38,42-43,47,55,59,73-75,80H,5-8,11-12,15-20,23-24,27,29-31,36,39-41,44-46,48-54,56-58,60-72H2,1-4H3,(H,85,86)(H,87,88)/b13-9-,14-10-,25-21-,26-22-,32-28-,35-33-,37-34-,42-38-,47-43-,59-55-. The molecule has 0 bridgehead atoms. The summed E-state index contributed by atoms with van der Waals surface area (Å²) < 4.78 is 68.3. The number of allylic oxidation sites excluding steroid dienone is 19. The summed E-state index contributed by atoms with van der Waals surface area (Å²) in [5, 5.41) is 10.6. The molecule has 0 aliphatic rings. The molecule has 0 heterocycles. The van der Waals surface area contributed by atoms with Crippen molar-refractivity contribution in [3.63, 3.8) is 0 Å². The van der Waals surface area contributed by atoms with Gasteiger partial charge in [0.1, 0.15) is 19.3 Å². The monoisotopic (exact) mass is 1420 g/mol. The predicted octanol–water partition coefficient (Wildman–Crippen LogP) is 21.6. The fourth-order valence-corrected chi connectivity index (χ4v) is 11.3. The third-order valence-corrected chi connectivity index (χ3v) is 17.4. The Labute approximate surface area is 593 Å². The largest absolute Gasteiger partial charge is 0.472 e. The van der Waals surface area contributed by atoms with Crippen LogP contribution >= 0.6 is 15.6 Å². The van der Waals surface area contributed by atoms with Gasteiger partial charge in [-0.05, 0) is 116 Å². The Morgan fingerprint density at radius 2 is 0.571 bits per heavy atom. The minimum atomic E-state index is -4.99. The number of phosphoric acid groups is 2. The number of hydrogen-bond donors (Lipinski definition) is 3. The minimum absolute atomic E-state index is 0.0708. The van der Waals surface area contributed by atoms with Gasteiger partial charge in [-0.2, -0.15) is 0 Å².